The quantitative estimate of drug-likeness (QED) is 0.783. The van der Waals surface area contributed by atoms with Gasteiger partial charge in [0.25, 0.3) is 0 Å². The van der Waals surface area contributed by atoms with E-state index in [9.17, 15) is 5.11 Å². The van der Waals surface area contributed by atoms with Crippen LogP contribution in [0.1, 0.15) is 6.42 Å². The van der Waals surface area contributed by atoms with E-state index in [1.54, 1.807) is 0 Å². The Morgan fingerprint density at radius 3 is 2.18 bits per heavy atom. The van der Waals surface area contributed by atoms with Crippen molar-refractivity contribution >= 4 is 16.6 Å². The summed E-state index contributed by atoms with van der Waals surface area (Å²) in [6, 6.07) is 0. The van der Waals surface area contributed by atoms with Gasteiger partial charge in [0, 0.05) is 6.42 Å². The number of aliphatic hydroxyl groups is 1. The van der Waals surface area contributed by atoms with Crippen molar-refractivity contribution in [1.29, 1.82) is 0 Å². The molecule has 1 fully saturated rings. The highest BCUT2D eigenvalue weighted by Crippen LogP contribution is 2.25. The molecule has 17 heavy (non-hydrogen) atoms. The van der Waals surface area contributed by atoms with E-state index in [0.717, 1.165) is 0 Å². The first-order valence-electron chi connectivity index (χ1n) is 6.22. The first-order chi connectivity index (χ1) is 7.57. The molecule has 6 heteroatoms. The zero-order chi connectivity index (χ0) is 13.3. The monoisotopic (exact) mass is 278 g/mol. The molecule has 0 aromatic heterocycles. The fraction of sp³-hybridized carbons (Fsp3) is 1.00. The smallest absolute Gasteiger partial charge is 0.184 e. The SMILES string of the molecule is C[Si](C)(C)OC[C@H]1O[C@H](O)C[C@@H]1O[Si](C)(C)C. The third-order valence-corrected chi connectivity index (χ3v) is 4.41. The molecule has 1 aliphatic rings. The molecule has 1 aliphatic heterocycles. The summed E-state index contributed by atoms with van der Waals surface area (Å²) < 4.78 is 17.3. The summed E-state index contributed by atoms with van der Waals surface area (Å²) in [6.07, 6.45) is -0.285. The van der Waals surface area contributed by atoms with Gasteiger partial charge < -0.3 is 18.7 Å². The Kier molecular flexibility index (Phi) is 4.96. The Bertz CT molecular complexity index is 247. The normalized spacial score (nSPS) is 30.9. The second-order valence-corrected chi connectivity index (χ2v) is 15.5. The maximum Gasteiger partial charge on any atom is 0.184 e. The fourth-order valence-electron chi connectivity index (χ4n) is 1.75. The Hall–Kier alpha value is 0.274. The van der Waals surface area contributed by atoms with Gasteiger partial charge in [0.1, 0.15) is 6.10 Å². The first-order valence-corrected chi connectivity index (χ1v) is 13.0. The van der Waals surface area contributed by atoms with Gasteiger partial charge in [-0.3, -0.25) is 0 Å². The zero-order valence-corrected chi connectivity index (χ0v) is 13.8. The molecule has 1 saturated heterocycles. The van der Waals surface area contributed by atoms with E-state index in [2.05, 4.69) is 39.3 Å². The summed E-state index contributed by atoms with van der Waals surface area (Å²) in [5, 5.41) is 9.57. The van der Waals surface area contributed by atoms with Gasteiger partial charge in [-0.15, -0.1) is 0 Å². The maximum absolute atomic E-state index is 9.57. The molecule has 0 radical (unpaired) electrons. The van der Waals surface area contributed by atoms with Gasteiger partial charge >= 0.3 is 0 Å². The van der Waals surface area contributed by atoms with Gasteiger partial charge in [-0.2, -0.15) is 0 Å². The zero-order valence-electron chi connectivity index (χ0n) is 11.8. The van der Waals surface area contributed by atoms with E-state index in [4.69, 9.17) is 13.6 Å². The van der Waals surface area contributed by atoms with E-state index in [0.29, 0.717) is 13.0 Å². The summed E-state index contributed by atoms with van der Waals surface area (Å²) in [6.45, 7) is 13.4. The number of rotatable bonds is 5. The van der Waals surface area contributed by atoms with Crippen molar-refractivity contribution in [1.82, 2.24) is 0 Å². The molecule has 0 bridgehead atoms. The minimum Gasteiger partial charge on any atom is -0.415 e. The largest absolute Gasteiger partial charge is 0.415 e. The average Bonchev–Trinajstić information content (AvgIpc) is 2.38. The van der Waals surface area contributed by atoms with Crippen LogP contribution in [0.15, 0.2) is 0 Å². The molecule has 1 N–H and O–H groups in total. The predicted molar refractivity (Wildman–Crippen MR) is 73.0 cm³/mol. The van der Waals surface area contributed by atoms with Crippen LogP contribution in [0.2, 0.25) is 39.3 Å². The summed E-state index contributed by atoms with van der Waals surface area (Å²) >= 11 is 0. The van der Waals surface area contributed by atoms with Gasteiger partial charge in [0.05, 0.1) is 12.7 Å². The van der Waals surface area contributed by atoms with Crippen molar-refractivity contribution in [3.05, 3.63) is 0 Å². The van der Waals surface area contributed by atoms with Gasteiger partial charge in [-0.05, 0) is 39.3 Å². The molecule has 3 atom stereocenters. The third kappa shape index (κ3) is 6.12. The Balaban J connectivity index is 2.51. The molecule has 0 aromatic rings. The number of aliphatic hydroxyl groups excluding tert-OH is 1. The van der Waals surface area contributed by atoms with Crippen LogP contribution in [0.5, 0.6) is 0 Å². The minimum atomic E-state index is -1.60. The van der Waals surface area contributed by atoms with Crippen LogP contribution >= 0.6 is 0 Å². The molecule has 1 heterocycles. The van der Waals surface area contributed by atoms with Gasteiger partial charge in [-0.1, -0.05) is 0 Å². The lowest BCUT2D eigenvalue weighted by molar-refractivity contribution is -0.104. The first kappa shape index (κ1) is 15.3. The lowest BCUT2D eigenvalue weighted by Gasteiger charge is -2.28. The van der Waals surface area contributed by atoms with Crippen LogP contribution in [0.3, 0.4) is 0 Å². The van der Waals surface area contributed by atoms with E-state index in [1.165, 1.54) is 0 Å². The van der Waals surface area contributed by atoms with Crippen molar-refractivity contribution in [2.75, 3.05) is 6.61 Å². The van der Waals surface area contributed by atoms with Crippen LogP contribution in [0.25, 0.3) is 0 Å². The molecular formula is C11H26O4Si2. The summed E-state index contributed by atoms with van der Waals surface area (Å²) in [4.78, 5) is 0. The van der Waals surface area contributed by atoms with E-state index >= 15 is 0 Å². The van der Waals surface area contributed by atoms with Crippen LogP contribution < -0.4 is 0 Å². The van der Waals surface area contributed by atoms with E-state index in [1.807, 2.05) is 0 Å². The second-order valence-electron chi connectivity index (χ2n) is 6.56. The highest BCUT2D eigenvalue weighted by atomic mass is 28.4. The summed E-state index contributed by atoms with van der Waals surface area (Å²) in [5.74, 6) is 0. The second kappa shape index (κ2) is 5.50. The van der Waals surface area contributed by atoms with Crippen molar-refractivity contribution in [2.24, 2.45) is 0 Å². The van der Waals surface area contributed by atoms with Crippen molar-refractivity contribution in [3.63, 3.8) is 0 Å². The minimum absolute atomic E-state index is 0.0204. The van der Waals surface area contributed by atoms with Crippen LogP contribution in [-0.2, 0) is 13.6 Å². The predicted octanol–water partition coefficient (Wildman–Crippen LogP) is 2.17. The summed E-state index contributed by atoms with van der Waals surface area (Å²) in [7, 11) is -3.14. The lowest BCUT2D eigenvalue weighted by atomic mass is 10.2. The van der Waals surface area contributed by atoms with Crippen molar-refractivity contribution in [3.8, 4) is 0 Å². The number of hydrogen-bond donors (Lipinski definition) is 1. The topological polar surface area (TPSA) is 47.9 Å². The fourth-order valence-corrected chi connectivity index (χ4v) is 3.57. The molecule has 0 aliphatic carbocycles. The molecule has 0 aromatic carbocycles. The molecule has 4 nitrogen and oxygen atoms in total. The number of ether oxygens (including phenoxy) is 1. The van der Waals surface area contributed by atoms with Gasteiger partial charge in [0.2, 0.25) is 0 Å². The Morgan fingerprint density at radius 1 is 1.12 bits per heavy atom. The third-order valence-electron chi connectivity index (χ3n) is 2.37. The van der Waals surface area contributed by atoms with Crippen molar-refractivity contribution < 1.29 is 18.7 Å². The lowest BCUT2D eigenvalue weighted by Crippen LogP contribution is -2.40. The van der Waals surface area contributed by atoms with Crippen LogP contribution in [-0.4, -0.2) is 46.8 Å². The van der Waals surface area contributed by atoms with Gasteiger partial charge in [0.15, 0.2) is 22.9 Å². The standard InChI is InChI=1S/C11H26O4Si2/c1-16(2,3)13-8-10-9(7-11(12)14-10)15-17(4,5)6/h9-12H,7-8H2,1-6H3/t9-,10+,11-/m0/s1. The highest BCUT2D eigenvalue weighted by Gasteiger charge is 2.38. The maximum atomic E-state index is 9.57. The molecular weight excluding hydrogens is 252 g/mol. The molecule has 0 saturated carbocycles. The molecule has 0 unspecified atom stereocenters. The Labute approximate surface area is 107 Å². The van der Waals surface area contributed by atoms with E-state index in [-0.39, 0.29) is 12.2 Å². The average molecular weight is 278 g/mol. The highest BCUT2D eigenvalue weighted by molar-refractivity contribution is 6.70. The molecule has 0 spiro atoms. The number of hydrogen-bond acceptors (Lipinski definition) is 4. The van der Waals surface area contributed by atoms with E-state index < -0.39 is 22.9 Å². The van der Waals surface area contributed by atoms with Gasteiger partial charge in [-0.25, -0.2) is 0 Å². The van der Waals surface area contributed by atoms with Crippen LogP contribution in [0.4, 0.5) is 0 Å². The molecule has 0 amide bonds. The molecule has 1 rings (SSSR count). The van der Waals surface area contributed by atoms with Crippen LogP contribution in [0, 0.1) is 0 Å². The van der Waals surface area contributed by atoms with Crippen molar-refractivity contribution in [2.45, 2.75) is 64.2 Å². The summed E-state index contributed by atoms with van der Waals surface area (Å²) in [5.41, 5.74) is 0. The Morgan fingerprint density at radius 2 is 1.71 bits per heavy atom. The molecule has 102 valence electrons.